The van der Waals surface area contributed by atoms with Gasteiger partial charge in [-0.3, -0.25) is 9.59 Å². The molecule has 2 atom stereocenters. The van der Waals surface area contributed by atoms with Gasteiger partial charge in [-0.15, -0.1) is 0 Å². The average Bonchev–Trinajstić information content (AvgIpc) is 2.00. The molecule has 0 spiro atoms. The van der Waals surface area contributed by atoms with Crippen LogP contribution in [0.2, 0.25) is 0 Å². The Morgan fingerprint density at radius 3 is 2.09 bits per heavy atom. The molecule has 4 heteroatoms. The number of carbonyl (C=O) groups excluding carboxylic acids is 2. The number of ketones is 1. The van der Waals surface area contributed by atoms with E-state index < -0.39 is 11.8 Å². The van der Waals surface area contributed by atoms with E-state index in [-0.39, 0.29) is 18.2 Å². The van der Waals surface area contributed by atoms with Gasteiger partial charge in [-0.2, -0.15) is 0 Å². The van der Waals surface area contributed by atoms with Crippen LogP contribution >= 0.6 is 0 Å². The van der Waals surface area contributed by atoms with E-state index in [1.807, 2.05) is 0 Å². The smallest absolute Gasteiger partial charge is 0.227 e. The third kappa shape index (κ3) is 2.67. The Kier molecular flexibility index (Phi) is 3.74. The van der Waals surface area contributed by atoms with Crippen molar-refractivity contribution in [1.29, 1.82) is 0 Å². The van der Waals surface area contributed by atoms with Crippen LogP contribution in [0.5, 0.6) is 0 Å². The standard InChI is InChI=1S/C7H14N2O2/c1-4(3-8)6(10)5(2)7(9)11/h4-5H,3,8H2,1-2H3,(H2,9,11). The summed E-state index contributed by atoms with van der Waals surface area (Å²) in [7, 11) is 0. The minimum Gasteiger partial charge on any atom is -0.369 e. The molecule has 0 rings (SSSR count). The van der Waals surface area contributed by atoms with Gasteiger partial charge in [0.15, 0.2) is 0 Å². The summed E-state index contributed by atoms with van der Waals surface area (Å²) in [4.78, 5) is 21.7. The molecule has 1 amide bonds. The highest BCUT2D eigenvalue weighted by molar-refractivity contribution is 6.01. The summed E-state index contributed by atoms with van der Waals surface area (Å²) in [5.74, 6) is -1.76. The summed E-state index contributed by atoms with van der Waals surface area (Å²) in [6.07, 6.45) is 0. The van der Waals surface area contributed by atoms with E-state index in [0.717, 1.165) is 0 Å². The Bertz CT molecular complexity index is 168. The lowest BCUT2D eigenvalue weighted by Gasteiger charge is -2.10. The number of hydrogen-bond donors (Lipinski definition) is 2. The van der Waals surface area contributed by atoms with Crippen LogP contribution in [-0.2, 0) is 9.59 Å². The van der Waals surface area contributed by atoms with Crippen LogP contribution in [0, 0.1) is 11.8 Å². The fourth-order valence-corrected chi connectivity index (χ4v) is 0.683. The first-order chi connectivity index (χ1) is 5.00. The molecule has 0 aromatic heterocycles. The van der Waals surface area contributed by atoms with Gasteiger partial charge in [0.25, 0.3) is 0 Å². The first-order valence-electron chi connectivity index (χ1n) is 3.53. The normalized spacial score (nSPS) is 15.5. The predicted octanol–water partition coefficient (Wildman–Crippen LogP) is -0.728. The maximum atomic E-state index is 11.1. The molecule has 0 saturated heterocycles. The summed E-state index contributed by atoms with van der Waals surface area (Å²) < 4.78 is 0. The topological polar surface area (TPSA) is 86.2 Å². The number of carbonyl (C=O) groups is 2. The second-order valence-corrected chi connectivity index (χ2v) is 2.66. The highest BCUT2D eigenvalue weighted by atomic mass is 16.2. The molecule has 11 heavy (non-hydrogen) atoms. The molecule has 0 saturated carbocycles. The largest absolute Gasteiger partial charge is 0.369 e. The SMILES string of the molecule is CC(CN)C(=O)C(C)C(N)=O. The van der Waals surface area contributed by atoms with Gasteiger partial charge in [0.05, 0.1) is 5.92 Å². The lowest BCUT2D eigenvalue weighted by atomic mass is 9.95. The lowest BCUT2D eigenvalue weighted by Crippen LogP contribution is -2.34. The second-order valence-electron chi connectivity index (χ2n) is 2.66. The zero-order chi connectivity index (χ0) is 9.02. The highest BCUT2D eigenvalue weighted by Gasteiger charge is 2.22. The Labute approximate surface area is 65.9 Å². The molecule has 4 N–H and O–H groups in total. The van der Waals surface area contributed by atoms with E-state index >= 15 is 0 Å². The van der Waals surface area contributed by atoms with Crippen LogP contribution in [0.15, 0.2) is 0 Å². The van der Waals surface area contributed by atoms with Crippen LogP contribution in [0.25, 0.3) is 0 Å². The molecular formula is C7H14N2O2. The minimum absolute atomic E-state index is 0.181. The Hall–Kier alpha value is -0.900. The molecule has 4 nitrogen and oxygen atoms in total. The van der Waals surface area contributed by atoms with E-state index in [2.05, 4.69) is 0 Å². The second kappa shape index (κ2) is 4.08. The van der Waals surface area contributed by atoms with Crippen molar-refractivity contribution in [2.45, 2.75) is 13.8 Å². The van der Waals surface area contributed by atoms with Crippen molar-refractivity contribution in [2.24, 2.45) is 23.3 Å². The molecule has 0 bridgehead atoms. The van der Waals surface area contributed by atoms with Crippen molar-refractivity contribution in [2.75, 3.05) is 6.54 Å². The van der Waals surface area contributed by atoms with Crippen molar-refractivity contribution < 1.29 is 9.59 Å². The zero-order valence-electron chi connectivity index (χ0n) is 6.83. The summed E-state index contributed by atoms with van der Waals surface area (Å²) in [5.41, 5.74) is 10.2. The van der Waals surface area contributed by atoms with Gasteiger partial charge in [-0.05, 0) is 6.92 Å². The number of hydrogen-bond acceptors (Lipinski definition) is 3. The summed E-state index contributed by atoms with van der Waals surface area (Å²) >= 11 is 0. The van der Waals surface area contributed by atoms with Crippen LogP contribution in [-0.4, -0.2) is 18.2 Å². The fourth-order valence-electron chi connectivity index (χ4n) is 0.683. The molecule has 0 aliphatic carbocycles. The molecule has 0 fully saturated rings. The fraction of sp³-hybridized carbons (Fsp3) is 0.714. The lowest BCUT2D eigenvalue weighted by molar-refractivity contribution is -0.133. The van der Waals surface area contributed by atoms with Crippen LogP contribution in [0.1, 0.15) is 13.8 Å². The van der Waals surface area contributed by atoms with Gasteiger partial charge < -0.3 is 11.5 Å². The summed E-state index contributed by atoms with van der Waals surface area (Å²) in [6, 6.07) is 0. The van der Waals surface area contributed by atoms with Crippen molar-refractivity contribution in [3.63, 3.8) is 0 Å². The van der Waals surface area contributed by atoms with Crippen molar-refractivity contribution in [3.8, 4) is 0 Å². The molecule has 2 unspecified atom stereocenters. The van der Waals surface area contributed by atoms with Crippen LogP contribution in [0.3, 0.4) is 0 Å². The average molecular weight is 158 g/mol. The Morgan fingerprint density at radius 2 is 1.82 bits per heavy atom. The van der Waals surface area contributed by atoms with Crippen LogP contribution in [0.4, 0.5) is 0 Å². The van der Waals surface area contributed by atoms with Gasteiger partial charge in [0.2, 0.25) is 5.91 Å². The van der Waals surface area contributed by atoms with Gasteiger partial charge in [0.1, 0.15) is 5.78 Å². The Balaban J connectivity index is 4.13. The molecule has 0 aliphatic heterocycles. The maximum Gasteiger partial charge on any atom is 0.227 e. The highest BCUT2D eigenvalue weighted by Crippen LogP contribution is 2.04. The van der Waals surface area contributed by atoms with Gasteiger partial charge in [-0.25, -0.2) is 0 Å². The third-order valence-electron chi connectivity index (χ3n) is 1.69. The molecule has 0 radical (unpaired) electrons. The van der Waals surface area contributed by atoms with Gasteiger partial charge >= 0.3 is 0 Å². The number of Topliss-reactive ketones (excluding diaryl/α,β-unsaturated/α-hetero) is 1. The molecule has 0 heterocycles. The monoisotopic (exact) mass is 158 g/mol. The first-order valence-corrected chi connectivity index (χ1v) is 3.53. The third-order valence-corrected chi connectivity index (χ3v) is 1.69. The van der Waals surface area contributed by atoms with Crippen molar-refractivity contribution in [1.82, 2.24) is 0 Å². The minimum atomic E-state index is -0.714. The van der Waals surface area contributed by atoms with E-state index in [4.69, 9.17) is 11.5 Å². The molecule has 64 valence electrons. The number of rotatable bonds is 4. The van der Waals surface area contributed by atoms with Crippen molar-refractivity contribution in [3.05, 3.63) is 0 Å². The predicted molar refractivity (Wildman–Crippen MR) is 41.6 cm³/mol. The molecule has 0 aliphatic rings. The first kappa shape index (κ1) is 10.1. The van der Waals surface area contributed by atoms with E-state index in [9.17, 15) is 9.59 Å². The number of amides is 1. The molecule has 0 aromatic carbocycles. The van der Waals surface area contributed by atoms with E-state index in [0.29, 0.717) is 0 Å². The number of primary amides is 1. The van der Waals surface area contributed by atoms with E-state index in [1.165, 1.54) is 6.92 Å². The maximum absolute atomic E-state index is 11.1. The quantitative estimate of drug-likeness (QED) is 0.529. The molecule has 0 aromatic rings. The van der Waals surface area contributed by atoms with Gasteiger partial charge in [-0.1, -0.05) is 6.92 Å². The van der Waals surface area contributed by atoms with E-state index in [1.54, 1.807) is 6.92 Å². The Morgan fingerprint density at radius 1 is 1.36 bits per heavy atom. The number of nitrogens with two attached hydrogens (primary N) is 2. The van der Waals surface area contributed by atoms with Crippen molar-refractivity contribution >= 4 is 11.7 Å². The summed E-state index contributed by atoms with van der Waals surface area (Å²) in [5, 5.41) is 0. The zero-order valence-corrected chi connectivity index (χ0v) is 6.83. The van der Waals surface area contributed by atoms with Gasteiger partial charge in [0, 0.05) is 12.5 Å². The summed E-state index contributed by atoms with van der Waals surface area (Å²) in [6.45, 7) is 3.44. The molecular weight excluding hydrogens is 144 g/mol. The van der Waals surface area contributed by atoms with Crippen LogP contribution < -0.4 is 11.5 Å².